The Hall–Kier alpha value is -0.810. The lowest BCUT2D eigenvalue weighted by atomic mass is 9.68. The Kier molecular flexibility index (Phi) is 8.68. The third-order valence-corrected chi connectivity index (χ3v) is 5.90. The number of carbonyl (C=O) groups excluding carboxylic acids is 1. The molecule has 1 aliphatic heterocycles. The van der Waals surface area contributed by atoms with Gasteiger partial charge in [-0.15, -0.1) is 12.4 Å². The summed E-state index contributed by atoms with van der Waals surface area (Å²) < 4.78 is 0. The number of nitrogens with one attached hydrogen (secondary N) is 2. The molecule has 1 saturated carbocycles. The molecule has 2 fully saturated rings. The van der Waals surface area contributed by atoms with E-state index in [2.05, 4.69) is 21.6 Å². The SMILES string of the molecule is Cl.O=C(NCCCN1CCNCC1)C1(c2cccc(Cl)c2)CCCCC1. The first-order valence-corrected chi connectivity index (χ1v) is 10.1. The Balaban J connectivity index is 0.00000243. The van der Waals surface area contributed by atoms with E-state index in [0.717, 1.165) is 76.9 Å². The molecule has 146 valence electrons. The fraction of sp³-hybridized carbons (Fsp3) is 0.650. The van der Waals surface area contributed by atoms with Crippen LogP contribution in [0.1, 0.15) is 44.1 Å². The predicted molar refractivity (Wildman–Crippen MR) is 110 cm³/mol. The molecule has 0 unspecified atom stereocenters. The molecule has 1 amide bonds. The molecule has 4 nitrogen and oxygen atoms in total. The summed E-state index contributed by atoms with van der Waals surface area (Å²) >= 11 is 6.20. The van der Waals surface area contributed by atoms with Gasteiger partial charge < -0.3 is 15.5 Å². The lowest BCUT2D eigenvalue weighted by Gasteiger charge is -2.36. The lowest BCUT2D eigenvalue weighted by Crippen LogP contribution is -2.47. The molecule has 1 saturated heterocycles. The van der Waals surface area contributed by atoms with Crippen molar-refractivity contribution in [1.29, 1.82) is 0 Å². The Bertz CT molecular complexity index is 570. The molecular weight excluding hydrogens is 369 g/mol. The molecule has 2 aliphatic rings. The molecule has 0 spiro atoms. The summed E-state index contributed by atoms with van der Waals surface area (Å²) in [5, 5.41) is 7.31. The van der Waals surface area contributed by atoms with E-state index in [-0.39, 0.29) is 18.3 Å². The van der Waals surface area contributed by atoms with Crippen molar-refractivity contribution in [3.8, 4) is 0 Å². The zero-order chi connectivity index (χ0) is 17.5. The van der Waals surface area contributed by atoms with Crippen LogP contribution >= 0.6 is 24.0 Å². The van der Waals surface area contributed by atoms with E-state index in [4.69, 9.17) is 11.6 Å². The van der Waals surface area contributed by atoms with Crippen molar-refractivity contribution < 1.29 is 4.79 Å². The molecule has 1 aromatic rings. The second kappa shape index (κ2) is 10.5. The van der Waals surface area contributed by atoms with Gasteiger partial charge in [-0.25, -0.2) is 0 Å². The molecule has 1 aliphatic carbocycles. The van der Waals surface area contributed by atoms with Crippen LogP contribution in [-0.2, 0) is 10.2 Å². The number of hydrogen-bond donors (Lipinski definition) is 2. The smallest absolute Gasteiger partial charge is 0.230 e. The largest absolute Gasteiger partial charge is 0.355 e. The van der Waals surface area contributed by atoms with Gasteiger partial charge >= 0.3 is 0 Å². The Morgan fingerprint density at radius 3 is 2.62 bits per heavy atom. The van der Waals surface area contributed by atoms with Gasteiger partial charge in [0, 0.05) is 37.7 Å². The van der Waals surface area contributed by atoms with Gasteiger partial charge in [0.1, 0.15) is 0 Å². The van der Waals surface area contributed by atoms with Gasteiger partial charge in [0.15, 0.2) is 0 Å². The Morgan fingerprint density at radius 2 is 1.92 bits per heavy atom. The molecule has 0 atom stereocenters. The monoisotopic (exact) mass is 399 g/mol. The summed E-state index contributed by atoms with van der Waals surface area (Å²) in [6, 6.07) is 7.89. The second-order valence-corrected chi connectivity index (χ2v) is 7.79. The van der Waals surface area contributed by atoms with E-state index in [9.17, 15) is 4.79 Å². The van der Waals surface area contributed by atoms with Crippen molar-refractivity contribution in [1.82, 2.24) is 15.5 Å². The number of benzene rings is 1. The van der Waals surface area contributed by atoms with Crippen LogP contribution in [0.2, 0.25) is 5.02 Å². The average molecular weight is 400 g/mol. The van der Waals surface area contributed by atoms with Gasteiger partial charge in [-0.2, -0.15) is 0 Å². The quantitative estimate of drug-likeness (QED) is 0.720. The highest BCUT2D eigenvalue weighted by Crippen LogP contribution is 2.40. The Labute approximate surface area is 168 Å². The topological polar surface area (TPSA) is 44.4 Å². The number of hydrogen-bond acceptors (Lipinski definition) is 3. The van der Waals surface area contributed by atoms with Crippen LogP contribution in [0, 0.1) is 0 Å². The number of amides is 1. The van der Waals surface area contributed by atoms with Crippen LogP contribution in [0.4, 0.5) is 0 Å². The first-order chi connectivity index (χ1) is 12.2. The molecule has 26 heavy (non-hydrogen) atoms. The van der Waals surface area contributed by atoms with Crippen molar-refractivity contribution in [2.75, 3.05) is 39.3 Å². The van der Waals surface area contributed by atoms with E-state index < -0.39 is 5.41 Å². The van der Waals surface area contributed by atoms with Crippen LogP contribution < -0.4 is 10.6 Å². The average Bonchev–Trinajstić information content (AvgIpc) is 2.66. The summed E-state index contributed by atoms with van der Waals surface area (Å²) in [4.78, 5) is 15.6. The summed E-state index contributed by atoms with van der Waals surface area (Å²) in [6.07, 6.45) is 6.31. The minimum atomic E-state index is -0.391. The van der Waals surface area contributed by atoms with Crippen LogP contribution in [0.15, 0.2) is 24.3 Å². The number of piperazine rings is 1. The zero-order valence-electron chi connectivity index (χ0n) is 15.4. The van der Waals surface area contributed by atoms with E-state index in [1.54, 1.807) is 0 Å². The summed E-state index contributed by atoms with van der Waals surface area (Å²) in [5.74, 6) is 0.190. The fourth-order valence-corrected chi connectivity index (χ4v) is 4.39. The first-order valence-electron chi connectivity index (χ1n) is 9.68. The highest BCUT2D eigenvalue weighted by molar-refractivity contribution is 6.30. The van der Waals surface area contributed by atoms with Gasteiger partial charge in [0.05, 0.1) is 5.41 Å². The van der Waals surface area contributed by atoms with Crippen LogP contribution in [0.3, 0.4) is 0 Å². The van der Waals surface area contributed by atoms with E-state index in [1.807, 2.05) is 18.2 Å². The molecular formula is C20H31Cl2N3O. The summed E-state index contributed by atoms with van der Waals surface area (Å²) in [6.45, 7) is 6.19. The highest BCUT2D eigenvalue weighted by atomic mass is 35.5. The molecule has 1 aromatic carbocycles. The molecule has 0 radical (unpaired) electrons. The van der Waals surface area contributed by atoms with Crippen LogP contribution in [-0.4, -0.2) is 50.1 Å². The number of rotatable bonds is 6. The van der Waals surface area contributed by atoms with Crippen molar-refractivity contribution in [3.05, 3.63) is 34.9 Å². The lowest BCUT2D eigenvalue weighted by molar-refractivity contribution is -0.128. The van der Waals surface area contributed by atoms with Crippen LogP contribution in [0.5, 0.6) is 0 Å². The van der Waals surface area contributed by atoms with Gasteiger partial charge in [0.2, 0.25) is 5.91 Å². The summed E-state index contributed by atoms with van der Waals surface area (Å²) in [7, 11) is 0. The Morgan fingerprint density at radius 1 is 1.19 bits per heavy atom. The van der Waals surface area contributed by atoms with Gasteiger partial charge in [-0.3, -0.25) is 4.79 Å². The van der Waals surface area contributed by atoms with Gasteiger partial charge in [-0.1, -0.05) is 43.0 Å². The van der Waals surface area contributed by atoms with Crippen molar-refractivity contribution >= 4 is 29.9 Å². The molecule has 0 bridgehead atoms. The normalized spacial score (nSPS) is 20.2. The van der Waals surface area contributed by atoms with E-state index in [0.29, 0.717) is 5.02 Å². The van der Waals surface area contributed by atoms with Gasteiger partial charge in [0.25, 0.3) is 0 Å². The first kappa shape index (κ1) is 21.5. The van der Waals surface area contributed by atoms with E-state index in [1.165, 1.54) is 6.42 Å². The predicted octanol–water partition coefficient (Wildman–Crippen LogP) is 3.38. The zero-order valence-corrected chi connectivity index (χ0v) is 17.0. The van der Waals surface area contributed by atoms with E-state index >= 15 is 0 Å². The standard InChI is InChI=1S/C20H30ClN3O.ClH/c21-18-7-4-6-17(16-18)20(8-2-1-3-9-20)19(25)23-10-5-13-24-14-11-22-12-15-24;/h4,6-7,16,22H,1-3,5,8-15H2,(H,23,25);1H. The highest BCUT2D eigenvalue weighted by Gasteiger charge is 2.40. The molecule has 2 N–H and O–H groups in total. The molecule has 0 aromatic heterocycles. The number of halogens is 2. The maximum Gasteiger partial charge on any atom is 0.230 e. The van der Waals surface area contributed by atoms with Gasteiger partial charge in [-0.05, 0) is 43.5 Å². The molecule has 1 heterocycles. The maximum atomic E-state index is 13.1. The number of nitrogens with zero attached hydrogens (tertiary/aromatic N) is 1. The third-order valence-electron chi connectivity index (χ3n) is 5.67. The third kappa shape index (κ3) is 5.35. The minimum Gasteiger partial charge on any atom is -0.355 e. The number of carbonyl (C=O) groups is 1. The molecule has 6 heteroatoms. The fourth-order valence-electron chi connectivity index (χ4n) is 4.20. The van der Waals surface area contributed by atoms with Crippen molar-refractivity contribution in [3.63, 3.8) is 0 Å². The van der Waals surface area contributed by atoms with Crippen molar-refractivity contribution in [2.24, 2.45) is 0 Å². The second-order valence-electron chi connectivity index (χ2n) is 7.35. The minimum absolute atomic E-state index is 0. The maximum absolute atomic E-state index is 13.1. The van der Waals surface area contributed by atoms with Crippen LogP contribution in [0.25, 0.3) is 0 Å². The molecule has 3 rings (SSSR count). The summed E-state index contributed by atoms with van der Waals surface area (Å²) in [5.41, 5.74) is 0.692. The van der Waals surface area contributed by atoms with Crippen molar-refractivity contribution in [2.45, 2.75) is 43.9 Å².